The van der Waals surface area contributed by atoms with Gasteiger partial charge in [-0.1, -0.05) is 11.3 Å². The van der Waals surface area contributed by atoms with Gasteiger partial charge in [-0.25, -0.2) is 8.42 Å². The highest BCUT2D eigenvalue weighted by molar-refractivity contribution is 7.94. The minimum absolute atomic E-state index is 0.0120. The normalized spacial score (nSPS) is 12.5. The van der Waals surface area contributed by atoms with Gasteiger partial charge in [-0.2, -0.15) is 30.9 Å². The summed E-state index contributed by atoms with van der Waals surface area (Å²) in [4.78, 5) is 0. The van der Waals surface area contributed by atoms with Crippen molar-refractivity contribution in [1.82, 2.24) is 0 Å². The van der Waals surface area contributed by atoms with Crippen molar-refractivity contribution in [1.29, 1.82) is 0 Å². The summed E-state index contributed by atoms with van der Waals surface area (Å²) in [5.41, 5.74) is -4.38. The molecule has 84 valence electrons. The molecular formula is C9H8F3O2S-. The maximum absolute atomic E-state index is 12.0. The summed E-state index contributed by atoms with van der Waals surface area (Å²) in [5.74, 6) is 0.215. The van der Waals surface area contributed by atoms with Gasteiger partial charge in [0.25, 0.3) is 0 Å². The van der Waals surface area contributed by atoms with Crippen molar-refractivity contribution in [3.63, 3.8) is 0 Å². The Morgan fingerprint density at radius 2 is 1.60 bits per heavy atom. The van der Waals surface area contributed by atoms with Gasteiger partial charge >= 0.3 is 5.51 Å². The molecule has 0 aliphatic rings. The van der Waals surface area contributed by atoms with E-state index in [1.807, 2.05) is 0 Å². The second-order valence-corrected chi connectivity index (χ2v) is 4.81. The molecule has 0 spiro atoms. The lowest BCUT2D eigenvalue weighted by Crippen LogP contribution is -2.23. The maximum atomic E-state index is 12.0. The van der Waals surface area contributed by atoms with E-state index in [4.69, 9.17) is 0 Å². The molecule has 1 aromatic rings. The van der Waals surface area contributed by atoms with Gasteiger partial charge in [0, 0.05) is 0 Å². The topological polar surface area (TPSA) is 34.1 Å². The third kappa shape index (κ3) is 2.89. The van der Waals surface area contributed by atoms with Gasteiger partial charge in [-0.3, -0.25) is 0 Å². The van der Waals surface area contributed by atoms with Crippen molar-refractivity contribution in [2.45, 2.75) is 12.4 Å². The zero-order chi connectivity index (χ0) is 11.7. The second kappa shape index (κ2) is 3.77. The predicted molar refractivity (Wildman–Crippen MR) is 49.6 cm³/mol. The first kappa shape index (κ1) is 11.9. The van der Waals surface area contributed by atoms with Gasteiger partial charge in [-0.05, 0) is 6.92 Å². The summed E-state index contributed by atoms with van der Waals surface area (Å²) in [6, 6.07) is 5.71. The first-order valence-electron chi connectivity index (χ1n) is 3.95. The van der Waals surface area contributed by atoms with Crippen molar-refractivity contribution in [3.05, 3.63) is 41.1 Å². The van der Waals surface area contributed by atoms with Crippen LogP contribution in [0.2, 0.25) is 0 Å². The summed E-state index contributed by atoms with van der Waals surface area (Å²) in [6.07, 6.45) is 0. The number of hydrogen-bond acceptors (Lipinski definition) is 2. The number of aryl methyl sites for hydroxylation is 1. The van der Waals surface area contributed by atoms with E-state index in [2.05, 4.69) is 0 Å². The van der Waals surface area contributed by atoms with Crippen LogP contribution in [0.25, 0.3) is 0 Å². The molecule has 1 rings (SSSR count). The zero-order valence-corrected chi connectivity index (χ0v) is 8.56. The van der Waals surface area contributed by atoms with Crippen LogP contribution in [0.4, 0.5) is 13.2 Å². The first-order valence-corrected chi connectivity index (χ1v) is 5.50. The Balaban J connectivity index is 2.93. The van der Waals surface area contributed by atoms with E-state index in [0.29, 0.717) is 0 Å². The molecule has 0 bridgehead atoms. The Kier molecular flexibility index (Phi) is 2.99. The monoisotopic (exact) mass is 237 g/mol. The third-order valence-corrected chi connectivity index (χ3v) is 2.92. The SMILES string of the molecule is Cc1ccc([CH-]S(=O)(=O)C(F)(F)F)cc1. The van der Waals surface area contributed by atoms with Gasteiger partial charge in [0.15, 0.2) is 0 Å². The quantitative estimate of drug-likeness (QED) is 0.740. The minimum atomic E-state index is -5.24. The molecule has 6 heteroatoms. The molecule has 0 radical (unpaired) electrons. The molecule has 0 aliphatic heterocycles. The molecule has 0 saturated carbocycles. The number of alkyl halides is 3. The molecule has 0 saturated heterocycles. The molecular weight excluding hydrogens is 229 g/mol. The summed E-state index contributed by atoms with van der Waals surface area (Å²) < 4.78 is 57.4. The molecule has 2 nitrogen and oxygen atoms in total. The van der Waals surface area contributed by atoms with Gasteiger partial charge in [0.2, 0.25) is 9.84 Å². The summed E-state index contributed by atoms with van der Waals surface area (Å²) in [6.45, 7) is 1.75. The number of sulfone groups is 1. The van der Waals surface area contributed by atoms with Gasteiger partial charge in [0.1, 0.15) is 0 Å². The van der Waals surface area contributed by atoms with Gasteiger partial charge < -0.3 is 0 Å². The Hall–Kier alpha value is -1.17. The second-order valence-electron chi connectivity index (χ2n) is 3.02. The lowest BCUT2D eigenvalue weighted by Gasteiger charge is -2.13. The molecule has 0 aromatic heterocycles. The average molecular weight is 237 g/mol. The molecule has 0 atom stereocenters. The fraction of sp³-hybridized carbons (Fsp3) is 0.222. The van der Waals surface area contributed by atoms with Crippen LogP contribution in [0.5, 0.6) is 0 Å². The Morgan fingerprint density at radius 1 is 1.13 bits per heavy atom. The summed E-state index contributed by atoms with van der Waals surface area (Å²) in [7, 11) is -5.19. The fourth-order valence-electron chi connectivity index (χ4n) is 0.891. The van der Waals surface area contributed by atoms with Crippen LogP contribution in [0.15, 0.2) is 24.3 Å². The summed E-state index contributed by atoms with van der Waals surface area (Å²) in [5, 5.41) is 0. The van der Waals surface area contributed by atoms with Crippen LogP contribution in [-0.4, -0.2) is 13.9 Å². The van der Waals surface area contributed by atoms with Crippen LogP contribution in [0, 0.1) is 12.7 Å². The van der Waals surface area contributed by atoms with Crippen molar-refractivity contribution < 1.29 is 21.6 Å². The highest BCUT2D eigenvalue weighted by Gasteiger charge is 2.42. The molecule has 0 fully saturated rings. The molecule has 0 amide bonds. The predicted octanol–water partition coefficient (Wildman–Crippen LogP) is 2.44. The van der Waals surface area contributed by atoms with E-state index in [1.54, 1.807) is 6.92 Å². The van der Waals surface area contributed by atoms with Crippen LogP contribution >= 0.6 is 0 Å². The highest BCUT2D eigenvalue weighted by Crippen LogP contribution is 2.27. The van der Waals surface area contributed by atoms with E-state index < -0.39 is 15.3 Å². The highest BCUT2D eigenvalue weighted by atomic mass is 32.2. The van der Waals surface area contributed by atoms with Gasteiger partial charge in [0.05, 0.1) is 0 Å². The Bertz CT molecular complexity index is 431. The van der Waals surface area contributed by atoms with Crippen LogP contribution in [-0.2, 0) is 9.84 Å². The van der Waals surface area contributed by atoms with Crippen LogP contribution in [0.1, 0.15) is 11.1 Å². The smallest absolute Gasteiger partial charge is 0.228 e. The van der Waals surface area contributed by atoms with Crippen molar-refractivity contribution in [2.75, 3.05) is 0 Å². The van der Waals surface area contributed by atoms with Crippen LogP contribution in [0.3, 0.4) is 0 Å². The summed E-state index contributed by atoms with van der Waals surface area (Å²) >= 11 is 0. The van der Waals surface area contributed by atoms with Crippen molar-refractivity contribution >= 4 is 9.84 Å². The maximum Gasteiger partial charge on any atom is 0.490 e. The molecule has 0 aliphatic carbocycles. The molecule has 0 N–H and O–H groups in total. The number of hydrogen-bond donors (Lipinski definition) is 0. The molecule has 15 heavy (non-hydrogen) atoms. The lowest BCUT2D eigenvalue weighted by atomic mass is 10.2. The zero-order valence-electron chi connectivity index (χ0n) is 7.75. The third-order valence-electron chi connectivity index (χ3n) is 1.69. The van der Waals surface area contributed by atoms with E-state index in [9.17, 15) is 21.6 Å². The van der Waals surface area contributed by atoms with Crippen LogP contribution < -0.4 is 0 Å². The van der Waals surface area contributed by atoms with Crippen molar-refractivity contribution in [3.8, 4) is 0 Å². The van der Waals surface area contributed by atoms with Crippen molar-refractivity contribution in [2.24, 2.45) is 0 Å². The Morgan fingerprint density at radius 3 is 2.00 bits per heavy atom. The average Bonchev–Trinajstić information content (AvgIpc) is 2.06. The standard InChI is InChI=1S/C9H8F3O2S/c1-7-2-4-8(5-3-7)6-15(13,14)9(10,11)12/h2-6H,1H3/q-1. The number of benzene rings is 1. The van der Waals surface area contributed by atoms with Gasteiger partial charge in [-0.15, -0.1) is 12.1 Å². The first-order chi connectivity index (χ1) is 6.72. The fourth-order valence-corrected chi connectivity index (χ4v) is 1.54. The number of halogens is 3. The van der Waals surface area contributed by atoms with E-state index in [1.165, 1.54) is 24.3 Å². The Labute approximate surface area is 85.6 Å². The van der Waals surface area contributed by atoms with E-state index in [-0.39, 0.29) is 11.3 Å². The van der Waals surface area contributed by atoms with E-state index >= 15 is 0 Å². The minimum Gasteiger partial charge on any atom is -0.228 e. The lowest BCUT2D eigenvalue weighted by molar-refractivity contribution is -0.0427. The largest absolute Gasteiger partial charge is 0.490 e. The molecule has 0 heterocycles. The van der Waals surface area contributed by atoms with E-state index in [0.717, 1.165) is 5.56 Å². The number of rotatable bonds is 2. The molecule has 1 aromatic carbocycles. The molecule has 0 unspecified atom stereocenters.